The van der Waals surface area contributed by atoms with E-state index in [-0.39, 0.29) is 0 Å². The van der Waals surface area contributed by atoms with Crippen molar-refractivity contribution in [2.75, 3.05) is 0 Å². The number of nitrogens with zero attached hydrogens (tertiary/aromatic N) is 1. The van der Waals surface area contributed by atoms with Crippen LogP contribution in [0.3, 0.4) is 0 Å². The van der Waals surface area contributed by atoms with Crippen molar-refractivity contribution in [1.29, 1.82) is 0 Å². The SMILES string of the molecule is Cc1cc2c3c([n+](C)c(C)cc3c1)-c1c(cc3ccccc3c1C)O2. The molecule has 4 aromatic rings. The third-order valence-corrected chi connectivity index (χ3v) is 5.47. The first-order chi connectivity index (χ1) is 12.0. The molecular weight excluding hydrogens is 306 g/mol. The van der Waals surface area contributed by atoms with Crippen LogP contribution >= 0.6 is 0 Å². The molecular formula is C23H20NO+. The maximum Gasteiger partial charge on any atom is 0.228 e. The molecule has 1 aliphatic rings. The summed E-state index contributed by atoms with van der Waals surface area (Å²) in [4.78, 5) is 0. The second-order valence-corrected chi connectivity index (χ2v) is 7.12. The van der Waals surface area contributed by atoms with E-state index in [4.69, 9.17) is 4.74 Å². The van der Waals surface area contributed by atoms with Crippen LogP contribution in [0, 0.1) is 20.8 Å². The fraction of sp³-hybridized carbons (Fsp3) is 0.174. The summed E-state index contributed by atoms with van der Waals surface area (Å²) < 4.78 is 8.70. The average Bonchev–Trinajstić information content (AvgIpc) is 2.58. The summed E-state index contributed by atoms with van der Waals surface area (Å²) in [7, 11) is 2.15. The van der Waals surface area contributed by atoms with E-state index in [0.29, 0.717) is 0 Å². The predicted octanol–water partition coefficient (Wildman–Crippen LogP) is 5.52. The Hall–Kier alpha value is -2.87. The van der Waals surface area contributed by atoms with Gasteiger partial charge in [0.25, 0.3) is 0 Å². The van der Waals surface area contributed by atoms with E-state index in [1.165, 1.54) is 49.6 Å². The molecule has 0 fully saturated rings. The lowest BCUT2D eigenvalue weighted by molar-refractivity contribution is -0.665. The van der Waals surface area contributed by atoms with Gasteiger partial charge in [0.1, 0.15) is 18.5 Å². The average molecular weight is 326 g/mol. The van der Waals surface area contributed by atoms with Gasteiger partial charge in [-0.05, 0) is 53.3 Å². The smallest absolute Gasteiger partial charge is 0.228 e. The van der Waals surface area contributed by atoms with Gasteiger partial charge in [0.2, 0.25) is 5.69 Å². The largest absolute Gasteiger partial charge is 0.456 e. The Balaban J connectivity index is 2.03. The first kappa shape index (κ1) is 14.5. The van der Waals surface area contributed by atoms with Crippen molar-refractivity contribution in [3.05, 3.63) is 65.4 Å². The number of pyridine rings is 1. The normalized spacial score (nSPS) is 12.3. The maximum absolute atomic E-state index is 6.40. The first-order valence-electron chi connectivity index (χ1n) is 8.69. The van der Waals surface area contributed by atoms with Gasteiger partial charge in [0.05, 0.1) is 10.9 Å². The van der Waals surface area contributed by atoms with Crippen molar-refractivity contribution in [1.82, 2.24) is 0 Å². The number of aromatic nitrogens is 1. The van der Waals surface area contributed by atoms with E-state index in [9.17, 15) is 0 Å². The molecule has 2 heteroatoms. The lowest BCUT2D eigenvalue weighted by Crippen LogP contribution is -2.35. The number of hydrogen-bond donors (Lipinski definition) is 0. The molecule has 2 heterocycles. The summed E-state index contributed by atoms with van der Waals surface area (Å²) in [6, 6.07) is 17.4. The molecule has 0 bridgehead atoms. The standard InChI is InChI=1S/C23H20NO/c1-13-9-17-11-14(2)24(4)23-21-15(3)18-8-6-5-7-16(18)12-20(21)25-19(10-13)22(17)23/h5-12H,1-4H3/q+1. The van der Waals surface area contributed by atoms with Crippen molar-refractivity contribution in [2.24, 2.45) is 7.05 Å². The van der Waals surface area contributed by atoms with Crippen LogP contribution in [-0.2, 0) is 7.05 Å². The molecule has 0 saturated carbocycles. The zero-order valence-corrected chi connectivity index (χ0v) is 15.0. The zero-order valence-electron chi connectivity index (χ0n) is 15.0. The van der Waals surface area contributed by atoms with Gasteiger partial charge in [-0.15, -0.1) is 0 Å². The minimum Gasteiger partial charge on any atom is -0.456 e. The van der Waals surface area contributed by atoms with E-state index in [1.54, 1.807) is 0 Å². The Labute approximate surface area is 147 Å². The Morgan fingerprint density at radius 1 is 0.840 bits per heavy atom. The summed E-state index contributed by atoms with van der Waals surface area (Å²) in [5.41, 5.74) is 6.23. The molecule has 0 N–H and O–H groups in total. The zero-order chi connectivity index (χ0) is 17.3. The molecule has 0 saturated heterocycles. The van der Waals surface area contributed by atoms with Crippen LogP contribution in [0.4, 0.5) is 0 Å². The minimum atomic E-state index is 0.955. The van der Waals surface area contributed by atoms with E-state index >= 15 is 0 Å². The predicted molar refractivity (Wildman–Crippen MR) is 102 cm³/mol. The van der Waals surface area contributed by atoms with E-state index in [1.807, 2.05) is 0 Å². The fourth-order valence-electron chi connectivity index (χ4n) is 4.18. The molecule has 1 aromatic heterocycles. The lowest BCUT2D eigenvalue weighted by Gasteiger charge is -2.22. The Morgan fingerprint density at radius 2 is 1.64 bits per heavy atom. The van der Waals surface area contributed by atoms with Gasteiger partial charge >= 0.3 is 0 Å². The molecule has 5 rings (SSSR count). The summed E-state index contributed by atoms with van der Waals surface area (Å²) in [5, 5.41) is 4.97. The Morgan fingerprint density at radius 3 is 2.48 bits per heavy atom. The van der Waals surface area contributed by atoms with E-state index < -0.39 is 0 Å². The molecule has 0 aliphatic carbocycles. The van der Waals surface area contributed by atoms with Gasteiger partial charge < -0.3 is 4.74 Å². The van der Waals surface area contributed by atoms with Gasteiger partial charge in [-0.25, -0.2) is 0 Å². The van der Waals surface area contributed by atoms with Crippen molar-refractivity contribution < 1.29 is 9.30 Å². The van der Waals surface area contributed by atoms with Crippen LogP contribution in [-0.4, -0.2) is 0 Å². The summed E-state index contributed by atoms with van der Waals surface area (Å²) in [5.74, 6) is 1.92. The molecule has 0 spiro atoms. The summed E-state index contributed by atoms with van der Waals surface area (Å²) in [6.45, 7) is 6.50. The van der Waals surface area contributed by atoms with E-state index in [2.05, 4.69) is 80.9 Å². The van der Waals surface area contributed by atoms with Crippen molar-refractivity contribution in [3.8, 4) is 22.8 Å². The summed E-state index contributed by atoms with van der Waals surface area (Å²) in [6.07, 6.45) is 0. The molecule has 25 heavy (non-hydrogen) atoms. The van der Waals surface area contributed by atoms with Crippen molar-refractivity contribution in [3.63, 3.8) is 0 Å². The van der Waals surface area contributed by atoms with Gasteiger partial charge in [-0.2, -0.15) is 4.57 Å². The number of aryl methyl sites for hydroxylation is 3. The number of fused-ring (bicyclic) bond motifs is 3. The van der Waals surface area contributed by atoms with Crippen LogP contribution in [0.15, 0.2) is 48.5 Å². The van der Waals surface area contributed by atoms with Crippen molar-refractivity contribution >= 4 is 21.5 Å². The van der Waals surface area contributed by atoms with Crippen LogP contribution in [0.2, 0.25) is 0 Å². The maximum atomic E-state index is 6.40. The van der Waals surface area contributed by atoms with Gasteiger partial charge in [0, 0.05) is 13.0 Å². The molecule has 122 valence electrons. The molecule has 0 atom stereocenters. The number of rotatable bonds is 0. The highest BCUT2D eigenvalue weighted by Crippen LogP contribution is 2.48. The van der Waals surface area contributed by atoms with Crippen LogP contribution in [0.1, 0.15) is 16.8 Å². The molecule has 2 nitrogen and oxygen atoms in total. The topological polar surface area (TPSA) is 13.1 Å². The highest BCUT2D eigenvalue weighted by atomic mass is 16.5. The number of ether oxygens (including phenoxy) is 1. The monoisotopic (exact) mass is 326 g/mol. The van der Waals surface area contributed by atoms with Gasteiger partial charge in [0.15, 0.2) is 5.69 Å². The first-order valence-corrected chi connectivity index (χ1v) is 8.69. The minimum absolute atomic E-state index is 0.955. The van der Waals surface area contributed by atoms with Gasteiger partial charge in [-0.3, -0.25) is 0 Å². The highest BCUT2D eigenvalue weighted by molar-refractivity contribution is 6.05. The van der Waals surface area contributed by atoms with E-state index in [0.717, 1.165) is 11.5 Å². The number of hydrogen-bond acceptors (Lipinski definition) is 1. The Kier molecular flexibility index (Phi) is 2.79. The van der Waals surface area contributed by atoms with Gasteiger partial charge in [-0.1, -0.05) is 30.3 Å². The van der Waals surface area contributed by atoms with Crippen LogP contribution in [0.5, 0.6) is 11.5 Å². The van der Waals surface area contributed by atoms with Crippen LogP contribution < -0.4 is 9.30 Å². The molecule has 0 unspecified atom stereocenters. The van der Waals surface area contributed by atoms with Crippen LogP contribution in [0.25, 0.3) is 32.8 Å². The number of benzene rings is 3. The Bertz CT molecular complexity index is 1200. The molecule has 0 amide bonds. The second-order valence-electron chi connectivity index (χ2n) is 7.12. The molecule has 3 aromatic carbocycles. The molecule has 1 aliphatic heterocycles. The second kappa shape index (κ2) is 4.82. The summed E-state index contributed by atoms with van der Waals surface area (Å²) >= 11 is 0. The third kappa shape index (κ3) is 1.88. The van der Waals surface area contributed by atoms with Crippen molar-refractivity contribution in [2.45, 2.75) is 20.8 Å². The quantitative estimate of drug-likeness (QED) is 0.342. The fourth-order valence-corrected chi connectivity index (χ4v) is 4.18. The molecule has 0 radical (unpaired) electrons. The highest BCUT2D eigenvalue weighted by Gasteiger charge is 2.31. The lowest BCUT2D eigenvalue weighted by atomic mass is 9.91. The third-order valence-electron chi connectivity index (χ3n) is 5.47.